The molecule has 0 aromatic carbocycles. The highest BCUT2D eigenvalue weighted by Gasteiger charge is 2.44. The number of esters is 1. The van der Waals surface area contributed by atoms with E-state index in [9.17, 15) is 35.1 Å². The highest BCUT2D eigenvalue weighted by Crippen LogP contribution is 2.23. The minimum absolute atomic E-state index is 0.000285. The third kappa shape index (κ3) is 46.8. The molecule has 0 saturated carbocycles. The van der Waals surface area contributed by atoms with Gasteiger partial charge in [0, 0.05) is 12.8 Å². The molecule has 0 aromatic heterocycles. The third-order valence-electron chi connectivity index (χ3n) is 15.7. The summed E-state index contributed by atoms with van der Waals surface area (Å²) in [7, 11) is 0. The lowest BCUT2D eigenvalue weighted by Crippen LogP contribution is -2.60. The molecule has 0 aromatic rings. The molecule has 0 radical (unpaired) electrons. The molecule has 1 aliphatic heterocycles. The number of amides is 1. The fraction of sp³-hybridized carbons (Fsp3) is 0.853. The summed E-state index contributed by atoms with van der Waals surface area (Å²) >= 11 is 0. The molecule has 11 nitrogen and oxygen atoms in total. The third-order valence-corrected chi connectivity index (χ3v) is 15.7. The number of carbonyl (C=O) groups is 2. The Morgan fingerprint density at radius 2 is 0.861 bits per heavy atom. The van der Waals surface area contributed by atoms with Crippen molar-refractivity contribution >= 4 is 11.9 Å². The van der Waals surface area contributed by atoms with Crippen molar-refractivity contribution in [3.63, 3.8) is 0 Å². The smallest absolute Gasteiger partial charge is 0.305 e. The fourth-order valence-corrected chi connectivity index (χ4v) is 10.4. The molecule has 0 aliphatic carbocycles. The van der Waals surface area contributed by atoms with Crippen LogP contribution in [0.25, 0.3) is 0 Å². The van der Waals surface area contributed by atoms with E-state index in [1.165, 1.54) is 212 Å². The van der Waals surface area contributed by atoms with Gasteiger partial charge >= 0.3 is 5.97 Å². The normalized spacial score (nSPS) is 18.7. The minimum Gasteiger partial charge on any atom is -0.466 e. The maximum Gasteiger partial charge on any atom is 0.305 e. The first-order valence-electron chi connectivity index (χ1n) is 33.4. The Kier molecular flexibility index (Phi) is 54.3. The van der Waals surface area contributed by atoms with Crippen molar-refractivity contribution in [3.8, 4) is 0 Å². The van der Waals surface area contributed by atoms with E-state index >= 15 is 0 Å². The van der Waals surface area contributed by atoms with E-state index in [0.29, 0.717) is 19.4 Å². The number of hydrogen-bond acceptors (Lipinski definition) is 10. The number of carbonyl (C=O) groups excluding carboxylic acids is 2. The summed E-state index contributed by atoms with van der Waals surface area (Å²) in [6.45, 7) is 4.33. The van der Waals surface area contributed by atoms with Crippen LogP contribution in [0, 0.1) is 0 Å². The van der Waals surface area contributed by atoms with Gasteiger partial charge in [-0.1, -0.05) is 268 Å². The average Bonchev–Trinajstić information content (AvgIpc) is 3.49. The summed E-state index contributed by atoms with van der Waals surface area (Å²) in [5.74, 6) is -0.195. The summed E-state index contributed by atoms with van der Waals surface area (Å²) in [6, 6.07) is -0.830. The first-order valence-corrected chi connectivity index (χ1v) is 33.4. The van der Waals surface area contributed by atoms with E-state index in [1.807, 2.05) is 6.08 Å². The van der Waals surface area contributed by atoms with Crippen molar-refractivity contribution in [2.45, 2.75) is 352 Å². The van der Waals surface area contributed by atoms with Gasteiger partial charge in [0.1, 0.15) is 24.4 Å². The Hall–Kier alpha value is -2.38. The van der Waals surface area contributed by atoms with Crippen molar-refractivity contribution in [2.75, 3.05) is 19.8 Å². The van der Waals surface area contributed by atoms with E-state index in [4.69, 9.17) is 14.2 Å². The molecule has 1 fully saturated rings. The molecular weight excluding hydrogens is 991 g/mol. The SMILES string of the molecule is CCCCCCCCC/C=C/CC/C=C/C(O)C(COC1OC(CO)C(O)C(O)C1O)NC(=O)CCCCCCCCCCCCC/C=C\C/C=C\CCCCCCCCCCCOC(=O)CCCCCCCCCCCCC. The first kappa shape index (κ1) is 74.6. The second kappa shape index (κ2) is 57.4. The van der Waals surface area contributed by atoms with Crippen LogP contribution in [-0.4, -0.2) is 100 Å². The van der Waals surface area contributed by atoms with Crippen molar-refractivity contribution in [3.05, 3.63) is 48.6 Å². The molecule has 79 heavy (non-hydrogen) atoms. The number of hydrogen-bond donors (Lipinski definition) is 6. The summed E-state index contributed by atoms with van der Waals surface area (Å²) in [5, 5.41) is 54.4. The van der Waals surface area contributed by atoms with Crippen molar-refractivity contribution < 1.29 is 49.3 Å². The second-order valence-corrected chi connectivity index (χ2v) is 23.2. The van der Waals surface area contributed by atoms with Gasteiger partial charge in [0.2, 0.25) is 5.91 Å². The molecule has 1 saturated heterocycles. The topological polar surface area (TPSA) is 175 Å². The average molecular weight is 1120 g/mol. The molecule has 0 spiro atoms. The highest BCUT2D eigenvalue weighted by atomic mass is 16.7. The Bertz CT molecular complexity index is 1450. The van der Waals surface area contributed by atoms with Crippen LogP contribution in [0.1, 0.15) is 309 Å². The molecule has 7 atom stereocenters. The zero-order valence-electron chi connectivity index (χ0n) is 51.1. The number of aliphatic hydroxyl groups excluding tert-OH is 5. The predicted molar refractivity (Wildman–Crippen MR) is 329 cm³/mol. The maximum absolute atomic E-state index is 13.0. The number of rotatable bonds is 58. The zero-order chi connectivity index (χ0) is 57.3. The van der Waals surface area contributed by atoms with E-state index in [1.54, 1.807) is 6.08 Å². The summed E-state index contributed by atoms with van der Waals surface area (Å²) in [6.07, 6.45) is 63.7. The van der Waals surface area contributed by atoms with Crippen LogP contribution < -0.4 is 5.32 Å². The van der Waals surface area contributed by atoms with Gasteiger partial charge in [0.15, 0.2) is 6.29 Å². The second-order valence-electron chi connectivity index (χ2n) is 23.2. The van der Waals surface area contributed by atoms with E-state index in [0.717, 1.165) is 70.6 Å². The van der Waals surface area contributed by atoms with Gasteiger partial charge in [-0.05, 0) is 77.0 Å². The van der Waals surface area contributed by atoms with Gasteiger partial charge in [0.05, 0.1) is 32.0 Å². The number of nitrogens with one attached hydrogen (secondary N) is 1. The maximum atomic E-state index is 13.0. The molecule has 1 heterocycles. The largest absolute Gasteiger partial charge is 0.466 e. The van der Waals surface area contributed by atoms with Crippen LogP contribution in [0.15, 0.2) is 48.6 Å². The van der Waals surface area contributed by atoms with E-state index < -0.39 is 49.5 Å². The van der Waals surface area contributed by atoms with Gasteiger partial charge in [-0.2, -0.15) is 0 Å². The quantitative estimate of drug-likeness (QED) is 0.0195. The van der Waals surface area contributed by atoms with Gasteiger partial charge in [0.25, 0.3) is 0 Å². The Labute approximate surface area is 485 Å². The standard InChI is InChI=1S/C68H125NO10/c1-3-5-7-9-11-13-15-31-35-38-42-46-50-54-61(71)60(59-78-68-67(76)66(75)65(74)62(58-70)79-68)69-63(72)55-51-47-43-39-36-32-29-27-25-23-21-19-17-16-18-20-22-24-26-28-30-33-37-41-45-49-53-57-77-64(73)56-52-48-44-40-34-14-12-10-8-6-4-2/h16-17,20,22,35,38,50,54,60-62,65-68,70-71,74-76H,3-15,18-19,21,23-34,36-37,39-49,51-53,55-59H2,1-2H3,(H,69,72)/b17-16-,22-20-,38-35+,54-50+. The Morgan fingerprint density at radius 3 is 1.33 bits per heavy atom. The lowest BCUT2D eigenvalue weighted by Gasteiger charge is -2.40. The molecule has 1 amide bonds. The molecule has 462 valence electrons. The molecule has 11 heteroatoms. The van der Waals surface area contributed by atoms with Crippen LogP contribution >= 0.6 is 0 Å². The van der Waals surface area contributed by atoms with Crippen LogP contribution in [0.3, 0.4) is 0 Å². The van der Waals surface area contributed by atoms with Crippen molar-refractivity contribution in [1.82, 2.24) is 5.32 Å². The minimum atomic E-state index is -1.58. The number of allylic oxidation sites excluding steroid dienone is 7. The summed E-state index contributed by atoms with van der Waals surface area (Å²) in [4.78, 5) is 25.1. The van der Waals surface area contributed by atoms with E-state index in [2.05, 4.69) is 55.6 Å². The van der Waals surface area contributed by atoms with Gasteiger partial charge < -0.3 is 45.1 Å². The van der Waals surface area contributed by atoms with Gasteiger partial charge in [-0.15, -0.1) is 0 Å². The number of ether oxygens (including phenoxy) is 3. The van der Waals surface area contributed by atoms with E-state index in [-0.39, 0.29) is 18.5 Å². The molecular formula is C68H125NO10. The molecule has 1 aliphatic rings. The fourth-order valence-electron chi connectivity index (χ4n) is 10.4. The van der Waals surface area contributed by atoms with Crippen LogP contribution in [0.5, 0.6) is 0 Å². The monoisotopic (exact) mass is 1120 g/mol. The van der Waals surface area contributed by atoms with Gasteiger partial charge in [-0.25, -0.2) is 0 Å². The predicted octanol–water partition coefficient (Wildman–Crippen LogP) is 16.4. The van der Waals surface area contributed by atoms with Crippen LogP contribution in [0.4, 0.5) is 0 Å². The number of unbranched alkanes of at least 4 members (excludes halogenated alkanes) is 38. The lowest BCUT2D eigenvalue weighted by atomic mass is 9.99. The molecule has 1 rings (SSSR count). The van der Waals surface area contributed by atoms with Crippen LogP contribution in [0.2, 0.25) is 0 Å². The Balaban J connectivity index is 2.04. The van der Waals surface area contributed by atoms with Gasteiger partial charge in [-0.3, -0.25) is 9.59 Å². The Morgan fingerprint density at radius 1 is 0.468 bits per heavy atom. The molecule has 0 bridgehead atoms. The molecule has 7 unspecified atom stereocenters. The zero-order valence-corrected chi connectivity index (χ0v) is 51.1. The van der Waals surface area contributed by atoms with Crippen molar-refractivity contribution in [2.24, 2.45) is 0 Å². The first-order chi connectivity index (χ1) is 38.7. The molecule has 6 N–H and O–H groups in total. The highest BCUT2D eigenvalue weighted by molar-refractivity contribution is 5.76. The lowest BCUT2D eigenvalue weighted by molar-refractivity contribution is -0.302. The van der Waals surface area contributed by atoms with Crippen molar-refractivity contribution in [1.29, 1.82) is 0 Å². The summed E-state index contributed by atoms with van der Waals surface area (Å²) in [5.41, 5.74) is 0. The summed E-state index contributed by atoms with van der Waals surface area (Å²) < 4.78 is 16.7. The number of aliphatic hydroxyl groups is 5. The van der Waals surface area contributed by atoms with Crippen LogP contribution in [-0.2, 0) is 23.8 Å².